The minimum Gasteiger partial charge on any atom is -0.455 e. The van der Waals surface area contributed by atoms with Gasteiger partial charge in [0.15, 0.2) is 0 Å². The third kappa shape index (κ3) is 7.31. The first kappa shape index (κ1) is 38.9. The van der Waals surface area contributed by atoms with Crippen molar-refractivity contribution in [3.05, 3.63) is 261 Å². The Morgan fingerprint density at radius 3 is 1.41 bits per heavy atom. The van der Waals surface area contributed by atoms with E-state index in [2.05, 4.69) is 254 Å². The van der Waals surface area contributed by atoms with Gasteiger partial charge in [-0.3, -0.25) is 0 Å². The molecule has 0 spiro atoms. The Bertz CT molecular complexity index is 3660. The normalized spacial score (nSPS) is 11.3. The van der Waals surface area contributed by atoms with Crippen molar-refractivity contribution in [2.45, 2.75) is 0 Å². The number of hydrogen-bond donors (Lipinski definition) is 0. The number of furan rings is 1. The summed E-state index contributed by atoms with van der Waals surface area (Å²) in [4.78, 5) is 2.35. The van der Waals surface area contributed by atoms with Gasteiger partial charge in [-0.2, -0.15) is 0 Å². The first-order chi connectivity index (χ1) is 32.7. The molecule has 0 unspecified atom stereocenters. The molecular formula is C64H43NO. The van der Waals surface area contributed by atoms with E-state index in [0.29, 0.717) is 0 Å². The van der Waals surface area contributed by atoms with E-state index in [-0.39, 0.29) is 0 Å². The fourth-order valence-corrected chi connectivity index (χ4v) is 9.52. The summed E-state index contributed by atoms with van der Waals surface area (Å²) >= 11 is 0. The predicted octanol–water partition coefficient (Wildman–Crippen LogP) is 18.2. The lowest BCUT2D eigenvalue weighted by Crippen LogP contribution is -2.09. The summed E-state index contributed by atoms with van der Waals surface area (Å²) in [6, 6.07) is 93.7. The lowest BCUT2D eigenvalue weighted by Gasteiger charge is -2.26. The molecule has 11 aromatic carbocycles. The van der Waals surface area contributed by atoms with Crippen LogP contribution in [0.1, 0.15) is 0 Å². The Labute approximate surface area is 384 Å². The molecule has 12 rings (SSSR count). The van der Waals surface area contributed by atoms with Crippen LogP contribution in [0.2, 0.25) is 0 Å². The second-order valence-corrected chi connectivity index (χ2v) is 16.9. The molecule has 0 atom stereocenters. The Balaban J connectivity index is 0.831. The van der Waals surface area contributed by atoms with Gasteiger partial charge in [0, 0.05) is 33.6 Å². The second-order valence-electron chi connectivity index (χ2n) is 16.9. The third-order valence-corrected chi connectivity index (χ3v) is 12.9. The molecule has 0 radical (unpaired) electrons. The van der Waals surface area contributed by atoms with Crippen LogP contribution in [0, 0.1) is 0 Å². The van der Waals surface area contributed by atoms with Crippen molar-refractivity contribution < 1.29 is 4.42 Å². The minimum atomic E-state index is 0.887. The van der Waals surface area contributed by atoms with Crippen LogP contribution < -0.4 is 4.90 Å². The highest BCUT2D eigenvalue weighted by Crippen LogP contribution is 2.43. The standard InChI is InChI=1S/C64H43NO/c1-2-14-52(15-3-1)63-61-21-8-9-23-62(61)66-64(63)55-19-10-18-53(42-55)49-26-24-45(25-27-49)47-32-37-56(38-33-47)65(58-41-36-44-12-4-5-16-54(44)43-58)57-39-34-48(35-40-57)46-28-30-51(31-29-46)60-22-11-17-50-13-6-7-20-59(50)60/h1-43H. The summed E-state index contributed by atoms with van der Waals surface area (Å²) in [5.41, 5.74) is 17.0. The number of fused-ring (bicyclic) bond motifs is 3. The number of anilines is 3. The summed E-state index contributed by atoms with van der Waals surface area (Å²) in [6.07, 6.45) is 0. The minimum absolute atomic E-state index is 0.887. The molecule has 0 aliphatic rings. The van der Waals surface area contributed by atoms with Crippen molar-refractivity contribution in [3.8, 4) is 67.0 Å². The average molecular weight is 842 g/mol. The molecule has 0 saturated carbocycles. The van der Waals surface area contributed by atoms with Crippen LogP contribution in [0.5, 0.6) is 0 Å². The number of rotatable bonds is 9. The maximum absolute atomic E-state index is 6.56. The van der Waals surface area contributed by atoms with Gasteiger partial charge in [-0.05, 0) is 120 Å². The monoisotopic (exact) mass is 841 g/mol. The van der Waals surface area contributed by atoms with Crippen molar-refractivity contribution in [1.29, 1.82) is 0 Å². The van der Waals surface area contributed by atoms with Gasteiger partial charge >= 0.3 is 0 Å². The van der Waals surface area contributed by atoms with Crippen LogP contribution in [0.15, 0.2) is 265 Å². The summed E-state index contributed by atoms with van der Waals surface area (Å²) in [5, 5.41) is 6.08. The first-order valence-electron chi connectivity index (χ1n) is 22.6. The molecule has 12 aromatic rings. The third-order valence-electron chi connectivity index (χ3n) is 12.9. The molecule has 0 aliphatic carbocycles. The molecule has 66 heavy (non-hydrogen) atoms. The van der Waals surface area contributed by atoms with Gasteiger partial charge in [0.2, 0.25) is 0 Å². The molecule has 1 heterocycles. The van der Waals surface area contributed by atoms with Gasteiger partial charge in [-0.1, -0.05) is 212 Å². The number of hydrogen-bond acceptors (Lipinski definition) is 2. The van der Waals surface area contributed by atoms with E-state index in [4.69, 9.17) is 4.42 Å². The summed E-state index contributed by atoms with van der Waals surface area (Å²) in [5.74, 6) is 0.887. The quantitative estimate of drug-likeness (QED) is 0.144. The van der Waals surface area contributed by atoms with Gasteiger partial charge in [0.05, 0.1) is 0 Å². The molecule has 310 valence electrons. The molecule has 1 aromatic heterocycles. The molecule has 0 bridgehead atoms. The number of benzene rings is 11. The Hall–Kier alpha value is -8.72. The summed E-state index contributed by atoms with van der Waals surface area (Å²) in [7, 11) is 0. The Morgan fingerprint density at radius 1 is 0.258 bits per heavy atom. The highest BCUT2D eigenvalue weighted by Gasteiger charge is 2.19. The molecule has 0 amide bonds. The molecule has 0 fully saturated rings. The number of nitrogens with zero attached hydrogens (tertiary/aromatic N) is 1. The van der Waals surface area contributed by atoms with Crippen molar-refractivity contribution in [3.63, 3.8) is 0 Å². The van der Waals surface area contributed by atoms with Crippen LogP contribution in [0.4, 0.5) is 17.1 Å². The van der Waals surface area contributed by atoms with Crippen LogP contribution in [-0.4, -0.2) is 0 Å². The zero-order chi connectivity index (χ0) is 43.8. The second kappa shape index (κ2) is 16.8. The first-order valence-corrected chi connectivity index (χ1v) is 22.6. The topological polar surface area (TPSA) is 16.4 Å². The largest absolute Gasteiger partial charge is 0.455 e. The summed E-state index contributed by atoms with van der Waals surface area (Å²) < 4.78 is 6.56. The van der Waals surface area contributed by atoms with E-state index >= 15 is 0 Å². The van der Waals surface area contributed by atoms with E-state index in [0.717, 1.165) is 72.7 Å². The molecule has 2 heteroatoms. The fraction of sp³-hybridized carbons (Fsp3) is 0. The predicted molar refractivity (Wildman–Crippen MR) is 279 cm³/mol. The lowest BCUT2D eigenvalue weighted by molar-refractivity contribution is 0.632. The van der Waals surface area contributed by atoms with E-state index in [9.17, 15) is 0 Å². The maximum atomic E-state index is 6.56. The van der Waals surface area contributed by atoms with Crippen molar-refractivity contribution >= 4 is 49.6 Å². The maximum Gasteiger partial charge on any atom is 0.143 e. The van der Waals surface area contributed by atoms with Gasteiger partial charge in [-0.25, -0.2) is 0 Å². The molecule has 0 N–H and O–H groups in total. The van der Waals surface area contributed by atoms with E-state index in [1.54, 1.807) is 0 Å². The SMILES string of the molecule is c1ccc(-c2c(-c3cccc(-c4ccc(-c5ccc(N(c6ccc(-c7ccc(-c8cccc9ccccc89)cc7)cc6)c6ccc7ccccc7c6)cc5)cc4)c3)oc3ccccc23)cc1. The van der Waals surface area contributed by atoms with Gasteiger partial charge in [-0.15, -0.1) is 0 Å². The molecule has 0 saturated heterocycles. The molecule has 2 nitrogen and oxygen atoms in total. The van der Waals surface area contributed by atoms with E-state index in [1.807, 2.05) is 12.1 Å². The van der Waals surface area contributed by atoms with E-state index in [1.165, 1.54) is 43.8 Å². The molecular weight excluding hydrogens is 799 g/mol. The van der Waals surface area contributed by atoms with Crippen molar-refractivity contribution in [1.82, 2.24) is 0 Å². The Kier molecular flexibility index (Phi) is 9.89. The van der Waals surface area contributed by atoms with Crippen LogP contribution in [0.3, 0.4) is 0 Å². The average Bonchev–Trinajstić information content (AvgIpc) is 3.79. The van der Waals surface area contributed by atoms with Crippen molar-refractivity contribution in [2.24, 2.45) is 0 Å². The van der Waals surface area contributed by atoms with E-state index < -0.39 is 0 Å². The molecule has 0 aliphatic heterocycles. The highest BCUT2D eigenvalue weighted by molar-refractivity contribution is 6.02. The van der Waals surface area contributed by atoms with Crippen LogP contribution >= 0.6 is 0 Å². The Morgan fingerprint density at radius 2 is 0.727 bits per heavy atom. The zero-order valence-electron chi connectivity index (χ0n) is 36.2. The summed E-state index contributed by atoms with van der Waals surface area (Å²) in [6.45, 7) is 0. The lowest BCUT2D eigenvalue weighted by atomic mass is 9.95. The van der Waals surface area contributed by atoms with Gasteiger partial charge in [0.1, 0.15) is 11.3 Å². The smallest absolute Gasteiger partial charge is 0.143 e. The highest BCUT2D eigenvalue weighted by atomic mass is 16.3. The number of para-hydroxylation sites is 1. The van der Waals surface area contributed by atoms with Gasteiger partial charge < -0.3 is 9.32 Å². The van der Waals surface area contributed by atoms with Crippen LogP contribution in [0.25, 0.3) is 99.5 Å². The van der Waals surface area contributed by atoms with Crippen molar-refractivity contribution in [2.75, 3.05) is 4.90 Å². The van der Waals surface area contributed by atoms with Gasteiger partial charge in [0.25, 0.3) is 0 Å². The van der Waals surface area contributed by atoms with Crippen LogP contribution in [-0.2, 0) is 0 Å². The zero-order valence-corrected chi connectivity index (χ0v) is 36.2. The fourth-order valence-electron chi connectivity index (χ4n) is 9.52.